The van der Waals surface area contributed by atoms with E-state index in [0.29, 0.717) is 23.5 Å². The fourth-order valence-electron chi connectivity index (χ4n) is 2.86. The molecular formula is C17H18N2O3S. The molecule has 1 aliphatic rings. The van der Waals surface area contributed by atoms with E-state index in [4.69, 9.17) is 0 Å². The second kappa shape index (κ2) is 6.50. The summed E-state index contributed by atoms with van der Waals surface area (Å²) in [6.45, 7) is 2.30. The number of piperidine rings is 1. The lowest BCUT2D eigenvalue weighted by Crippen LogP contribution is -2.47. The first kappa shape index (κ1) is 15.7. The number of aliphatic carboxylic acids is 1. The molecule has 1 amide bonds. The number of likely N-dealkylation sites (tertiary alicyclic amines) is 1. The van der Waals surface area contributed by atoms with Crippen molar-refractivity contribution < 1.29 is 14.7 Å². The van der Waals surface area contributed by atoms with Gasteiger partial charge >= 0.3 is 5.97 Å². The SMILES string of the molecule is Cc1nc(-c2ccccc2)sc1C(=O)N1CCCC[C@@H]1C(=O)O. The van der Waals surface area contributed by atoms with E-state index in [1.54, 1.807) is 6.92 Å². The summed E-state index contributed by atoms with van der Waals surface area (Å²) in [5.41, 5.74) is 1.63. The van der Waals surface area contributed by atoms with Crippen molar-refractivity contribution in [2.24, 2.45) is 0 Å². The molecule has 120 valence electrons. The van der Waals surface area contributed by atoms with Gasteiger partial charge in [-0.15, -0.1) is 11.3 Å². The summed E-state index contributed by atoms with van der Waals surface area (Å²) in [5.74, 6) is -1.14. The molecule has 1 N–H and O–H groups in total. The van der Waals surface area contributed by atoms with Gasteiger partial charge in [0.15, 0.2) is 0 Å². The zero-order valence-electron chi connectivity index (χ0n) is 12.9. The number of benzene rings is 1. The fraction of sp³-hybridized carbons (Fsp3) is 0.353. The third-order valence-electron chi connectivity index (χ3n) is 4.06. The molecule has 1 aromatic heterocycles. The van der Waals surface area contributed by atoms with Gasteiger partial charge in [0, 0.05) is 12.1 Å². The largest absolute Gasteiger partial charge is 0.480 e. The summed E-state index contributed by atoms with van der Waals surface area (Å²) in [4.78, 5) is 30.7. The number of nitrogens with zero attached hydrogens (tertiary/aromatic N) is 2. The average Bonchev–Trinajstić information content (AvgIpc) is 2.97. The zero-order valence-corrected chi connectivity index (χ0v) is 13.7. The Labute approximate surface area is 138 Å². The molecule has 1 saturated heterocycles. The zero-order chi connectivity index (χ0) is 16.4. The summed E-state index contributed by atoms with van der Waals surface area (Å²) < 4.78 is 0. The Balaban J connectivity index is 1.90. The van der Waals surface area contributed by atoms with E-state index >= 15 is 0 Å². The molecule has 0 unspecified atom stereocenters. The van der Waals surface area contributed by atoms with Gasteiger partial charge < -0.3 is 10.0 Å². The van der Waals surface area contributed by atoms with Gasteiger partial charge in [-0.25, -0.2) is 9.78 Å². The van der Waals surface area contributed by atoms with E-state index in [-0.39, 0.29) is 5.91 Å². The Kier molecular flexibility index (Phi) is 4.43. The first-order valence-electron chi connectivity index (χ1n) is 7.64. The van der Waals surface area contributed by atoms with Crippen molar-refractivity contribution in [2.75, 3.05) is 6.54 Å². The topological polar surface area (TPSA) is 70.5 Å². The van der Waals surface area contributed by atoms with Gasteiger partial charge in [-0.2, -0.15) is 0 Å². The normalized spacial score (nSPS) is 18.0. The maximum Gasteiger partial charge on any atom is 0.326 e. The fourth-order valence-corrected chi connectivity index (χ4v) is 3.89. The summed E-state index contributed by atoms with van der Waals surface area (Å²) in [5, 5.41) is 10.1. The van der Waals surface area contributed by atoms with Gasteiger partial charge in [-0.05, 0) is 26.2 Å². The standard InChI is InChI=1S/C17H18N2O3S/c1-11-14(23-15(18-11)12-7-3-2-4-8-12)16(20)19-10-6-5-9-13(19)17(21)22/h2-4,7-8,13H,5-6,9-10H2,1H3,(H,21,22)/t13-/m1/s1. The maximum absolute atomic E-state index is 12.8. The number of carbonyl (C=O) groups is 2. The minimum Gasteiger partial charge on any atom is -0.480 e. The van der Waals surface area contributed by atoms with Crippen molar-refractivity contribution in [3.05, 3.63) is 40.9 Å². The number of carbonyl (C=O) groups excluding carboxylic acids is 1. The van der Waals surface area contributed by atoms with Crippen molar-refractivity contribution in [1.29, 1.82) is 0 Å². The van der Waals surface area contributed by atoms with Crippen molar-refractivity contribution in [3.63, 3.8) is 0 Å². The molecule has 2 aromatic rings. The van der Waals surface area contributed by atoms with Crippen LogP contribution in [-0.4, -0.2) is 39.5 Å². The van der Waals surface area contributed by atoms with E-state index in [2.05, 4.69) is 4.98 Å². The van der Waals surface area contributed by atoms with Crippen molar-refractivity contribution in [3.8, 4) is 10.6 Å². The number of hydrogen-bond acceptors (Lipinski definition) is 4. The van der Waals surface area contributed by atoms with Crippen molar-refractivity contribution in [2.45, 2.75) is 32.2 Å². The molecule has 5 nitrogen and oxygen atoms in total. The highest BCUT2D eigenvalue weighted by atomic mass is 32.1. The third kappa shape index (κ3) is 3.12. The number of carboxylic acids is 1. The van der Waals surface area contributed by atoms with Gasteiger partial charge in [0.25, 0.3) is 5.91 Å². The highest BCUT2D eigenvalue weighted by Crippen LogP contribution is 2.30. The molecule has 0 bridgehead atoms. The molecule has 1 aliphatic heterocycles. The molecule has 0 spiro atoms. The Bertz CT molecular complexity index is 727. The second-order valence-electron chi connectivity index (χ2n) is 5.65. The first-order chi connectivity index (χ1) is 11.1. The third-order valence-corrected chi connectivity index (χ3v) is 5.25. The Hall–Kier alpha value is -2.21. The quantitative estimate of drug-likeness (QED) is 0.938. The molecule has 1 fully saturated rings. The van der Waals surface area contributed by atoms with Crippen LogP contribution in [-0.2, 0) is 4.79 Å². The van der Waals surface area contributed by atoms with Crippen LogP contribution in [0.5, 0.6) is 0 Å². The summed E-state index contributed by atoms with van der Waals surface area (Å²) >= 11 is 1.33. The van der Waals surface area contributed by atoms with Gasteiger partial charge in [0.1, 0.15) is 15.9 Å². The van der Waals surface area contributed by atoms with Crippen LogP contribution in [0.4, 0.5) is 0 Å². The molecule has 0 aliphatic carbocycles. The molecular weight excluding hydrogens is 312 g/mol. The van der Waals surface area contributed by atoms with Gasteiger partial charge in [-0.1, -0.05) is 30.3 Å². The minimum absolute atomic E-state index is 0.214. The summed E-state index contributed by atoms with van der Waals surface area (Å²) in [7, 11) is 0. The van der Waals surface area contributed by atoms with Crippen LogP contribution >= 0.6 is 11.3 Å². The van der Waals surface area contributed by atoms with E-state index in [1.165, 1.54) is 16.2 Å². The lowest BCUT2D eigenvalue weighted by molar-refractivity contribution is -0.143. The predicted molar refractivity (Wildman–Crippen MR) is 88.6 cm³/mol. The van der Waals surface area contributed by atoms with Crippen LogP contribution in [0.2, 0.25) is 0 Å². The molecule has 3 rings (SSSR count). The highest BCUT2D eigenvalue weighted by Gasteiger charge is 2.34. The Morgan fingerprint density at radius 3 is 2.70 bits per heavy atom. The van der Waals surface area contributed by atoms with Gasteiger partial charge in [-0.3, -0.25) is 4.79 Å². The van der Waals surface area contributed by atoms with E-state index in [1.807, 2.05) is 30.3 Å². The minimum atomic E-state index is -0.927. The van der Waals surface area contributed by atoms with Crippen LogP contribution in [0, 0.1) is 6.92 Å². The number of rotatable bonds is 3. The molecule has 0 saturated carbocycles. The van der Waals surface area contributed by atoms with E-state index in [9.17, 15) is 14.7 Å². The van der Waals surface area contributed by atoms with Crippen LogP contribution in [0.3, 0.4) is 0 Å². The monoisotopic (exact) mass is 330 g/mol. The van der Waals surface area contributed by atoms with Gasteiger partial charge in [0.2, 0.25) is 0 Å². The maximum atomic E-state index is 12.8. The van der Waals surface area contributed by atoms with Crippen LogP contribution < -0.4 is 0 Å². The lowest BCUT2D eigenvalue weighted by Gasteiger charge is -2.32. The van der Waals surface area contributed by atoms with Gasteiger partial charge in [0.05, 0.1) is 5.69 Å². The van der Waals surface area contributed by atoms with E-state index in [0.717, 1.165) is 23.4 Å². The molecule has 0 radical (unpaired) electrons. The summed E-state index contributed by atoms with van der Waals surface area (Å²) in [6, 6.07) is 8.97. The lowest BCUT2D eigenvalue weighted by atomic mass is 10.0. The number of thiazole rings is 1. The molecule has 23 heavy (non-hydrogen) atoms. The number of amides is 1. The number of hydrogen-bond donors (Lipinski definition) is 1. The predicted octanol–water partition coefficient (Wildman–Crippen LogP) is 3.20. The summed E-state index contributed by atoms with van der Waals surface area (Å²) in [6.07, 6.45) is 2.21. The van der Waals surface area contributed by atoms with Crippen LogP contribution in [0.15, 0.2) is 30.3 Å². The van der Waals surface area contributed by atoms with Crippen LogP contribution in [0.25, 0.3) is 10.6 Å². The molecule has 2 heterocycles. The Morgan fingerprint density at radius 2 is 2.00 bits per heavy atom. The van der Waals surface area contributed by atoms with E-state index < -0.39 is 12.0 Å². The van der Waals surface area contributed by atoms with Crippen molar-refractivity contribution >= 4 is 23.2 Å². The molecule has 1 aromatic carbocycles. The number of aromatic nitrogens is 1. The number of aryl methyl sites for hydroxylation is 1. The highest BCUT2D eigenvalue weighted by molar-refractivity contribution is 7.17. The first-order valence-corrected chi connectivity index (χ1v) is 8.46. The second-order valence-corrected chi connectivity index (χ2v) is 6.65. The molecule has 6 heteroatoms. The van der Waals surface area contributed by atoms with Crippen molar-refractivity contribution in [1.82, 2.24) is 9.88 Å². The van der Waals surface area contributed by atoms with Crippen LogP contribution in [0.1, 0.15) is 34.6 Å². The Morgan fingerprint density at radius 1 is 1.26 bits per heavy atom. The average molecular weight is 330 g/mol. The smallest absolute Gasteiger partial charge is 0.326 e. The number of carboxylic acid groups (broad SMARTS) is 1. The molecule has 1 atom stereocenters.